The zero-order valence-electron chi connectivity index (χ0n) is 13.2. The quantitative estimate of drug-likeness (QED) is 0.931. The maximum atomic E-state index is 12.7. The first-order valence-electron chi connectivity index (χ1n) is 7.08. The Morgan fingerprint density at radius 2 is 1.75 bits per heavy atom. The molecule has 1 aliphatic rings. The minimum Gasteiger partial charge on any atom is -0.390 e. The molecule has 112 valence electrons. The molecule has 0 aliphatic carbocycles. The van der Waals surface area contributed by atoms with Gasteiger partial charge in [-0.3, -0.25) is 4.79 Å². The van der Waals surface area contributed by atoms with Crippen molar-refractivity contribution < 1.29 is 9.53 Å². The van der Waals surface area contributed by atoms with Gasteiger partial charge < -0.3 is 15.4 Å². The maximum Gasteiger partial charge on any atom is 0.257 e. The van der Waals surface area contributed by atoms with E-state index in [-0.39, 0.29) is 11.5 Å². The van der Waals surface area contributed by atoms with Crippen LogP contribution in [0.2, 0.25) is 0 Å². The van der Waals surface area contributed by atoms with Gasteiger partial charge in [0.25, 0.3) is 5.91 Å². The van der Waals surface area contributed by atoms with E-state index in [9.17, 15) is 4.79 Å². The third-order valence-corrected chi connectivity index (χ3v) is 5.18. The first kappa shape index (κ1) is 15.3. The van der Waals surface area contributed by atoms with Gasteiger partial charge >= 0.3 is 0 Å². The minimum atomic E-state index is -0.481. The van der Waals surface area contributed by atoms with Gasteiger partial charge in [-0.2, -0.15) is 0 Å². The molecule has 0 atom stereocenters. The van der Waals surface area contributed by atoms with Crippen molar-refractivity contribution in [1.29, 1.82) is 0 Å². The number of ether oxygens (including phenoxy) is 1. The average Bonchev–Trinajstić information content (AvgIpc) is 2.75. The number of carbonyl (C=O) groups is 1. The fourth-order valence-electron chi connectivity index (χ4n) is 3.06. The summed E-state index contributed by atoms with van der Waals surface area (Å²) in [6, 6.07) is 0. The molecule has 2 heterocycles. The summed E-state index contributed by atoms with van der Waals surface area (Å²) in [4.78, 5) is 15.6. The summed E-state index contributed by atoms with van der Waals surface area (Å²) in [6.07, 6.45) is 0. The van der Waals surface area contributed by atoms with Crippen LogP contribution >= 0.6 is 11.3 Å². The Hall–Kier alpha value is -1.07. The summed E-state index contributed by atoms with van der Waals surface area (Å²) >= 11 is 1.48. The summed E-state index contributed by atoms with van der Waals surface area (Å²) < 4.78 is 6.12. The molecule has 0 bridgehead atoms. The van der Waals surface area contributed by atoms with E-state index >= 15 is 0 Å². The molecule has 1 amide bonds. The number of amides is 1. The summed E-state index contributed by atoms with van der Waals surface area (Å²) in [5.41, 5.74) is 6.90. The Morgan fingerprint density at radius 1 is 1.20 bits per heavy atom. The highest BCUT2D eigenvalue weighted by Gasteiger charge is 2.48. The normalized spacial score (nSPS) is 18.9. The lowest BCUT2D eigenvalue weighted by atomic mass is 9.93. The Morgan fingerprint density at radius 3 is 2.25 bits per heavy atom. The van der Waals surface area contributed by atoms with Gasteiger partial charge in [0.1, 0.15) is 0 Å². The molecule has 2 rings (SSSR count). The number of anilines is 1. The van der Waals surface area contributed by atoms with Crippen molar-refractivity contribution in [2.24, 2.45) is 0 Å². The lowest BCUT2D eigenvalue weighted by molar-refractivity contribution is -0.104. The summed E-state index contributed by atoms with van der Waals surface area (Å²) in [6.45, 7) is 13.4. The van der Waals surface area contributed by atoms with Gasteiger partial charge in [-0.15, -0.1) is 11.3 Å². The van der Waals surface area contributed by atoms with Crippen molar-refractivity contribution in [3.63, 3.8) is 0 Å². The van der Waals surface area contributed by atoms with Crippen LogP contribution < -0.4 is 5.73 Å². The van der Waals surface area contributed by atoms with Crippen molar-refractivity contribution >= 4 is 22.2 Å². The SMILES string of the molecule is CCN(CC)C(=O)c1c(N)sc2c1C(C)(C)OC2(C)C. The minimum absolute atomic E-state index is 0.0133. The van der Waals surface area contributed by atoms with Crippen molar-refractivity contribution in [3.05, 3.63) is 16.0 Å². The number of nitrogen functional groups attached to an aromatic ring is 1. The van der Waals surface area contributed by atoms with Crippen LogP contribution in [0.15, 0.2) is 0 Å². The Bertz CT molecular complexity index is 542. The average molecular weight is 296 g/mol. The first-order valence-corrected chi connectivity index (χ1v) is 7.90. The lowest BCUT2D eigenvalue weighted by Crippen LogP contribution is -2.33. The van der Waals surface area contributed by atoms with Crippen LogP contribution in [0.4, 0.5) is 5.00 Å². The van der Waals surface area contributed by atoms with E-state index < -0.39 is 5.60 Å². The second-order valence-corrected chi connectivity index (χ2v) is 7.20. The van der Waals surface area contributed by atoms with E-state index in [0.29, 0.717) is 23.7 Å². The van der Waals surface area contributed by atoms with E-state index in [2.05, 4.69) is 0 Å². The van der Waals surface area contributed by atoms with Crippen molar-refractivity contribution in [2.45, 2.75) is 52.7 Å². The lowest BCUT2D eigenvalue weighted by Gasteiger charge is -2.27. The van der Waals surface area contributed by atoms with Crippen LogP contribution in [0.3, 0.4) is 0 Å². The number of carbonyl (C=O) groups excluding carboxylic acids is 1. The fraction of sp³-hybridized carbons (Fsp3) is 0.667. The molecule has 5 heteroatoms. The molecule has 0 radical (unpaired) electrons. The number of thiophene rings is 1. The molecular formula is C15H24N2O2S. The molecule has 0 saturated heterocycles. The van der Waals surface area contributed by atoms with Gasteiger partial charge in [0.05, 0.1) is 21.8 Å². The number of nitrogens with two attached hydrogens (primary N) is 1. The summed E-state index contributed by atoms with van der Waals surface area (Å²) in [5, 5.41) is 0.608. The topological polar surface area (TPSA) is 55.6 Å². The van der Waals surface area contributed by atoms with Crippen LogP contribution in [0.5, 0.6) is 0 Å². The number of hydrogen-bond donors (Lipinski definition) is 1. The summed E-state index contributed by atoms with van der Waals surface area (Å²) in [5.74, 6) is 0.0133. The van der Waals surface area contributed by atoms with Crippen molar-refractivity contribution in [1.82, 2.24) is 4.90 Å². The molecule has 0 saturated carbocycles. The molecule has 0 spiro atoms. The summed E-state index contributed by atoms with van der Waals surface area (Å²) in [7, 11) is 0. The number of fused-ring (bicyclic) bond motifs is 1. The van der Waals surface area contributed by atoms with Crippen molar-refractivity contribution in [2.75, 3.05) is 18.8 Å². The molecule has 2 N–H and O–H groups in total. The molecule has 1 aliphatic heterocycles. The van der Waals surface area contributed by atoms with E-state index in [4.69, 9.17) is 10.5 Å². The highest BCUT2D eigenvalue weighted by atomic mass is 32.1. The highest BCUT2D eigenvalue weighted by Crippen LogP contribution is 2.53. The van der Waals surface area contributed by atoms with E-state index in [1.54, 1.807) is 4.90 Å². The highest BCUT2D eigenvalue weighted by molar-refractivity contribution is 7.16. The number of hydrogen-bond acceptors (Lipinski definition) is 4. The fourth-order valence-corrected chi connectivity index (χ4v) is 4.31. The molecule has 1 aromatic heterocycles. The van der Waals surface area contributed by atoms with Gasteiger partial charge in [0.15, 0.2) is 0 Å². The molecule has 0 unspecified atom stereocenters. The molecule has 1 aromatic rings. The third-order valence-electron chi connectivity index (χ3n) is 3.86. The molecular weight excluding hydrogens is 272 g/mol. The van der Waals surface area contributed by atoms with Crippen LogP contribution in [0.25, 0.3) is 0 Å². The molecule has 0 aromatic carbocycles. The van der Waals surface area contributed by atoms with Crippen LogP contribution in [-0.2, 0) is 15.9 Å². The largest absolute Gasteiger partial charge is 0.390 e. The Kier molecular flexibility index (Phi) is 3.63. The van der Waals surface area contributed by atoms with E-state index in [1.165, 1.54) is 11.3 Å². The van der Waals surface area contributed by atoms with Crippen LogP contribution in [0.1, 0.15) is 62.3 Å². The van der Waals surface area contributed by atoms with Gasteiger partial charge in [0, 0.05) is 23.5 Å². The van der Waals surface area contributed by atoms with E-state index in [0.717, 1.165) is 10.4 Å². The third kappa shape index (κ3) is 2.13. The molecule has 4 nitrogen and oxygen atoms in total. The van der Waals surface area contributed by atoms with Gasteiger partial charge in [0.2, 0.25) is 0 Å². The van der Waals surface area contributed by atoms with Crippen molar-refractivity contribution in [3.8, 4) is 0 Å². The monoisotopic (exact) mass is 296 g/mol. The van der Waals surface area contributed by atoms with Gasteiger partial charge in [-0.05, 0) is 41.5 Å². The van der Waals surface area contributed by atoms with E-state index in [1.807, 2.05) is 41.5 Å². The zero-order valence-corrected chi connectivity index (χ0v) is 14.0. The number of rotatable bonds is 3. The molecule has 20 heavy (non-hydrogen) atoms. The Balaban J connectivity index is 2.61. The number of nitrogens with zero attached hydrogens (tertiary/aromatic N) is 1. The second kappa shape index (κ2) is 4.74. The molecule has 0 fully saturated rings. The zero-order chi connectivity index (χ0) is 15.3. The Labute approximate surface area is 124 Å². The second-order valence-electron chi connectivity index (χ2n) is 6.15. The van der Waals surface area contributed by atoms with Crippen LogP contribution in [-0.4, -0.2) is 23.9 Å². The predicted octanol–water partition coefficient (Wildman–Crippen LogP) is 3.31. The van der Waals surface area contributed by atoms with Gasteiger partial charge in [-0.1, -0.05) is 0 Å². The van der Waals surface area contributed by atoms with Gasteiger partial charge in [-0.25, -0.2) is 0 Å². The smallest absolute Gasteiger partial charge is 0.257 e. The maximum absolute atomic E-state index is 12.7. The first-order chi connectivity index (χ1) is 9.15. The van der Waals surface area contributed by atoms with Crippen LogP contribution in [0, 0.1) is 0 Å². The standard InChI is InChI=1S/C15H24N2O2S/c1-7-17(8-2)13(18)9-10-11(20-12(9)16)15(5,6)19-14(10,3)4/h7-8,16H2,1-6H3. The predicted molar refractivity (Wildman–Crippen MR) is 83.1 cm³/mol.